The van der Waals surface area contributed by atoms with Crippen LogP contribution in [-0.4, -0.2) is 20.7 Å². The van der Waals surface area contributed by atoms with Gasteiger partial charge in [0.1, 0.15) is 0 Å². The van der Waals surface area contributed by atoms with Crippen LogP contribution in [0.2, 0.25) is 0 Å². The average Bonchev–Trinajstić information content (AvgIpc) is 1.83. The van der Waals surface area contributed by atoms with Crippen molar-refractivity contribution >= 4 is 22.6 Å². The van der Waals surface area contributed by atoms with Crippen LogP contribution in [0.5, 0.6) is 0 Å². The van der Waals surface area contributed by atoms with Gasteiger partial charge in [-0.05, 0) is 18.4 Å². The molecule has 6 heteroatoms. The third-order valence-electron chi connectivity index (χ3n) is 1.58. The van der Waals surface area contributed by atoms with Gasteiger partial charge in [-0.1, -0.05) is 13.8 Å². The molecule has 0 aliphatic rings. The van der Waals surface area contributed by atoms with E-state index in [1.807, 2.05) is 0 Å². The molecule has 0 aliphatic heterocycles. The monoisotopic (exact) mass is 219 g/mol. The molecule has 0 saturated carbocycles. The molecular weight excluding hydrogens is 205 g/mol. The molecule has 0 heterocycles. The molecule has 12 heavy (non-hydrogen) atoms. The van der Waals surface area contributed by atoms with E-state index in [9.17, 15) is 12.3 Å². The molecule has 0 saturated heterocycles. The Hall–Kier alpha value is 0.130. The zero-order valence-electron chi connectivity index (χ0n) is 7.21. The van der Waals surface area contributed by atoms with Gasteiger partial charge in [-0.2, -0.15) is 8.42 Å². The van der Waals surface area contributed by atoms with Gasteiger partial charge >= 0.3 is 10.2 Å². The Balaban J connectivity index is 0. The number of hydrogen-bond donors (Lipinski definition) is 1. The van der Waals surface area contributed by atoms with Gasteiger partial charge in [-0.25, -0.2) is 0 Å². The van der Waals surface area contributed by atoms with E-state index in [1.54, 1.807) is 13.8 Å². The maximum Gasteiger partial charge on any atom is 0.302 e. The van der Waals surface area contributed by atoms with Crippen LogP contribution in [0.25, 0.3) is 0 Å². The van der Waals surface area contributed by atoms with E-state index in [0.717, 1.165) is 0 Å². The fourth-order valence-corrected chi connectivity index (χ4v) is 1.30. The van der Waals surface area contributed by atoms with E-state index in [1.165, 1.54) is 0 Å². The van der Waals surface area contributed by atoms with Crippen LogP contribution in [0.15, 0.2) is 0 Å². The van der Waals surface area contributed by atoms with Crippen molar-refractivity contribution in [3.63, 3.8) is 0 Å². The molecule has 0 unspecified atom stereocenters. The summed E-state index contributed by atoms with van der Waals surface area (Å²) in [5.74, 6) is -0.433. The molecule has 2 N–H and O–H groups in total. The summed E-state index contributed by atoms with van der Waals surface area (Å²) >= 11 is 0. The van der Waals surface area contributed by atoms with Crippen molar-refractivity contribution in [3.05, 3.63) is 0 Å². The van der Waals surface area contributed by atoms with Crippen molar-refractivity contribution in [1.82, 2.24) is 0 Å². The van der Waals surface area contributed by atoms with Gasteiger partial charge in [0, 0.05) is 0 Å². The average molecular weight is 220 g/mol. The summed E-state index contributed by atoms with van der Waals surface area (Å²) in [6.45, 7) is 3.97. The van der Waals surface area contributed by atoms with E-state index >= 15 is 0 Å². The zero-order valence-corrected chi connectivity index (χ0v) is 8.84. The highest BCUT2D eigenvalue weighted by atomic mass is 35.5. The second kappa shape index (κ2) is 4.99. The first-order valence-electron chi connectivity index (χ1n) is 3.39. The molecule has 76 valence electrons. The number of halogens is 2. The van der Waals surface area contributed by atoms with Crippen molar-refractivity contribution in [2.45, 2.75) is 20.3 Å². The first-order chi connectivity index (χ1) is 4.77. The highest BCUT2D eigenvalue weighted by Gasteiger charge is 2.19. The van der Waals surface area contributed by atoms with E-state index < -0.39 is 16.0 Å². The predicted molar refractivity (Wildman–Crippen MR) is 49.6 cm³/mol. The van der Waals surface area contributed by atoms with Crippen LogP contribution in [0.4, 0.5) is 3.89 Å². The lowest BCUT2D eigenvalue weighted by atomic mass is 9.91. The van der Waals surface area contributed by atoms with E-state index in [4.69, 9.17) is 5.73 Å². The summed E-state index contributed by atoms with van der Waals surface area (Å²) in [7, 11) is -4.32. The van der Waals surface area contributed by atoms with Crippen LogP contribution in [-0.2, 0) is 10.2 Å². The van der Waals surface area contributed by atoms with E-state index in [0.29, 0.717) is 6.54 Å². The molecule has 0 fully saturated rings. The third kappa shape index (κ3) is 8.23. The van der Waals surface area contributed by atoms with Crippen LogP contribution in [0, 0.1) is 5.41 Å². The number of rotatable bonds is 4. The Labute approximate surface area is 79.1 Å². The largest absolute Gasteiger partial charge is 0.330 e. The first-order valence-corrected chi connectivity index (χ1v) is 4.94. The topological polar surface area (TPSA) is 60.2 Å². The summed E-state index contributed by atoms with van der Waals surface area (Å²) in [4.78, 5) is 0. The molecule has 0 bridgehead atoms. The molecular formula is C6H15ClFNO2S. The minimum Gasteiger partial charge on any atom is -0.330 e. The Morgan fingerprint density at radius 2 is 1.83 bits per heavy atom. The normalized spacial score (nSPS) is 12.3. The van der Waals surface area contributed by atoms with Gasteiger partial charge in [0.05, 0.1) is 5.75 Å². The summed E-state index contributed by atoms with van der Waals surface area (Å²) in [5.41, 5.74) is 5.03. The lowest BCUT2D eigenvalue weighted by Gasteiger charge is -2.20. The van der Waals surface area contributed by atoms with Crippen LogP contribution in [0.1, 0.15) is 20.3 Å². The van der Waals surface area contributed by atoms with Crippen molar-refractivity contribution < 1.29 is 12.3 Å². The second-order valence-corrected chi connectivity index (χ2v) is 4.85. The number of nitrogens with two attached hydrogens (primary N) is 1. The van der Waals surface area contributed by atoms with Gasteiger partial charge in [0.2, 0.25) is 0 Å². The van der Waals surface area contributed by atoms with Gasteiger partial charge < -0.3 is 5.73 Å². The Morgan fingerprint density at radius 1 is 1.42 bits per heavy atom. The first kappa shape index (κ1) is 14.6. The smallest absolute Gasteiger partial charge is 0.302 e. The van der Waals surface area contributed by atoms with Gasteiger partial charge in [-0.3, -0.25) is 0 Å². The maximum atomic E-state index is 12.0. The summed E-state index contributed by atoms with van der Waals surface area (Å²) in [6.07, 6.45) is 0.266. The maximum absolute atomic E-state index is 12.0. The van der Waals surface area contributed by atoms with Crippen LogP contribution in [0.3, 0.4) is 0 Å². The number of hydrogen-bond acceptors (Lipinski definition) is 3. The molecule has 0 aromatic carbocycles. The molecule has 0 radical (unpaired) electrons. The minimum atomic E-state index is -4.32. The van der Waals surface area contributed by atoms with E-state index in [-0.39, 0.29) is 24.2 Å². The highest BCUT2D eigenvalue weighted by molar-refractivity contribution is 7.86. The molecule has 0 aliphatic carbocycles. The van der Waals surface area contributed by atoms with Crippen LogP contribution < -0.4 is 5.73 Å². The minimum absolute atomic E-state index is 0. The van der Waals surface area contributed by atoms with Gasteiger partial charge in [-0.15, -0.1) is 16.3 Å². The van der Waals surface area contributed by atoms with Gasteiger partial charge in [0.15, 0.2) is 0 Å². The quantitative estimate of drug-likeness (QED) is 0.720. The molecule has 0 aromatic heterocycles. The summed E-state index contributed by atoms with van der Waals surface area (Å²) < 4.78 is 32.2. The predicted octanol–water partition coefficient (Wildman–Crippen LogP) is 1.08. The van der Waals surface area contributed by atoms with Crippen molar-refractivity contribution in [1.29, 1.82) is 0 Å². The van der Waals surface area contributed by atoms with Crippen molar-refractivity contribution in [2.24, 2.45) is 11.1 Å². The molecule has 3 nitrogen and oxygen atoms in total. The second-order valence-electron chi connectivity index (χ2n) is 3.36. The summed E-state index contributed by atoms with van der Waals surface area (Å²) in [5, 5.41) is 0. The summed E-state index contributed by atoms with van der Waals surface area (Å²) in [6, 6.07) is 0. The van der Waals surface area contributed by atoms with Crippen molar-refractivity contribution in [2.75, 3.05) is 12.3 Å². The molecule has 0 atom stereocenters. The molecule has 0 spiro atoms. The standard InChI is InChI=1S/C6H14FNO2S.ClH/c1-6(2,5-8)3-4-11(7,9)10;/h3-5,8H2,1-2H3;1H. The molecule has 0 aromatic rings. The Morgan fingerprint density at radius 3 is 2.08 bits per heavy atom. The lowest BCUT2D eigenvalue weighted by molar-refractivity contribution is 0.363. The van der Waals surface area contributed by atoms with Crippen LogP contribution >= 0.6 is 12.4 Å². The van der Waals surface area contributed by atoms with Gasteiger partial charge in [0.25, 0.3) is 0 Å². The molecule has 0 rings (SSSR count). The Kier molecular flexibility index (Phi) is 6.09. The highest BCUT2D eigenvalue weighted by Crippen LogP contribution is 2.19. The van der Waals surface area contributed by atoms with Crippen molar-refractivity contribution in [3.8, 4) is 0 Å². The zero-order chi connectivity index (χ0) is 9.12. The van der Waals surface area contributed by atoms with E-state index in [2.05, 4.69) is 0 Å². The molecule has 0 amide bonds. The Bertz CT molecular complexity index is 216. The third-order valence-corrected chi connectivity index (χ3v) is 2.27. The SMILES string of the molecule is CC(C)(CN)CCS(=O)(=O)F.Cl. The fourth-order valence-electron chi connectivity index (χ4n) is 0.500. The lowest BCUT2D eigenvalue weighted by Crippen LogP contribution is -2.25. The fraction of sp³-hybridized carbons (Fsp3) is 1.00.